The van der Waals surface area contributed by atoms with Crippen molar-refractivity contribution in [1.82, 2.24) is 0 Å². The lowest BCUT2D eigenvalue weighted by Crippen LogP contribution is -2.18. The van der Waals surface area contributed by atoms with Gasteiger partial charge in [0.1, 0.15) is 0 Å². The van der Waals surface area contributed by atoms with Crippen LogP contribution in [0, 0.1) is 0 Å². The minimum atomic E-state index is -0.855. The Labute approximate surface area is 148 Å². The maximum Gasteiger partial charge on any atom is 0.358 e. The average Bonchev–Trinajstić information content (AvgIpc) is 2.61. The molecule has 6 nitrogen and oxygen atoms in total. The molecule has 0 radical (unpaired) electrons. The molecular weight excluding hydrogens is 355 g/mol. The van der Waals surface area contributed by atoms with Gasteiger partial charge in [-0.25, -0.2) is 9.59 Å². The fourth-order valence-electron chi connectivity index (χ4n) is 1.55. The molecule has 0 N–H and O–H groups in total. The molecule has 0 aromatic heterocycles. The largest absolute Gasteiger partial charge is 0.358 e. The summed E-state index contributed by atoms with van der Waals surface area (Å²) in [6.07, 6.45) is 1.74. The van der Waals surface area contributed by atoms with Crippen LogP contribution in [0.5, 0.6) is 0 Å². The summed E-state index contributed by atoms with van der Waals surface area (Å²) in [5.41, 5.74) is 0.916. The predicted molar refractivity (Wildman–Crippen MR) is 90.9 cm³/mol. The first-order valence-electron chi connectivity index (χ1n) is 6.70. The maximum atomic E-state index is 11.6. The molecule has 0 atom stereocenters. The molecule has 0 saturated heterocycles. The summed E-state index contributed by atoms with van der Waals surface area (Å²) in [5.74, 6) is -1.71. The van der Waals surface area contributed by atoms with Gasteiger partial charge in [0.25, 0.3) is 0 Å². The highest BCUT2D eigenvalue weighted by molar-refractivity contribution is 6.25. The zero-order valence-electron chi connectivity index (χ0n) is 12.2. The van der Waals surface area contributed by atoms with Crippen molar-refractivity contribution in [3.8, 4) is 0 Å². The highest BCUT2D eigenvalue weighted by Crippen LogP contribution is 2.17. The second-order valence-corrected chi connectivity index (χ2v) is 4.93. The minimum absolute atomic E-state index is 0.458. The van der Waals surface area contributed by atoms with Crippen molar-refractivity contribution in [2.24, 2.45) is 0 Å². The minimum Gasteiger partial charge on any atom is -0.320 e. The molecule has 2 rings (SSSR count). The lowest BCUT2D eigenvalue weighted by molar-refractivity contribution is -0.139. The van der Waals surface area contributed by atoms with E-state index < -0.39 is 11.9 Å². The molecule has 124 valence electrons. The van der Waals surface area contributed by atoms with Crippen LogP contribution >= 0.6 is 23.6 Å². The van der Waals surface area contributed by atoms with Crippen molar-refractivity contribution in [3.63, 3.8) is 0 Å². The molecule has 8 heteroatoms. The van der Waals surface area contributed by atoms with Gasteiger partial charge in [-0.1, -0.05) is 36.4 Å². The van der Waals surface area contributed by atoms with Crippen LogP contribution in [0.25, 0.3) is 0 Å². The van der Waals surface area contributed by atoms with Crippen LogP contribution in [0.4, 0.5) is 11.4 Å². The van der Waals surface area contributed by atoms with Crippen molar-refractivity contribution in [2.45, 2.75) is 0 Å². The summed E-state index contributed by atoms with van der Waals surface area (Å²) < 4.78 is 1.52. The number of benzene rings is 2. The summed E-state index contributed by atoms with van der Waals surface area (Å²) >= 11 is 11.6. The van der Waals surface area contributed by atoms with Crippen molar-refractivity contribution in [2.75, 3.05) is 9.16 Å². The van der Waals surface area contributed by atoms with E-state index in [-0.39, 0.29) is 0 Å². The van der Waals surface area contributed by atoms with Crippen molar-refractivity contribution >= 4 is 46.9 Å². The number of rotatable bonds is 6. The number of para-hydroxylation sites is 2. The number of carbonyl (C=O) groups is 2. The molecule has 0 bridgehead atoms. The van der Waals surface area contributed by atoms with Crippen molar-refractivity contribution in [1.29, 1.82) is 0 Å². The third-order valence-corrected chi connectivity index (χ3v) is 3.14. The maximum absolute atomic E-state index is 11.6. The fourth-order valence-corrected chi connectivity index (χ4v) is 1.91. The van der Waals surface area contributed by atoms with Gasteiger partial charge in [0, 0.05) is 12.2 Å². The Morgan fingerprint density at radius 2 is 1.04 bits per heavy atom. The topological polar surface area (TPSA) is 59.1 Å². The van der Waals surface area contributed by atoms with E-state index in [4.69, 9.17) is 33.2 Å². The monoisotopic (exact) mass is 366 g/mol. The van der Waals surface area contributed by atoms with Gasteiger partial charge in [-0.15, -0.1) is 9.16 Å². The van der Waals surface area contributed by atoms with E-state index in [0.717, 1.165) is 21.3 Å². The number of hydrogen-bond acceptors (Lipinski definition) is 6. The zero-order chi connectivity index (χ0) is 17.4. The SMILES string of the molecule is O=C(C=CC(=O)ON(Cl)c1ccccc1)ON(Cl)c1ccccc1. The van der Waals surface area contributed by atoms with E-state index >= 15 is 0 Å². The van der Waals surface area contributed by atoms with Crippen LogP contribution in [0.2, 0.25) is 0 Å². The van der Waals surface area contributed by atoms with Crippen molar-refractivity contribution < 1.29 is 19.3 Å². The Bertz CT molecular complexity index is 649. The number of carbonyl (C=O) groups excluding carboxylic acids is 2. The third-order valence-electron chi connectivity index (χ3n) is 2.61. The number of halogens is 2. The van der Waals surface area contributed by atoms with Gasteiger partial charge in [-0.3, -0.25) is 0 Å². The fraction of sp³-hybridized carbons (Fsp3) is 0. The Kier molecular flexibility index (Phi) is 6.48. The Morgan fingerprint density at radius 3 is 1.38 bits per heavy atom. The molecule has 24 heavy (non-hydrogen) atoms. The van der Waals surface area contributed by atoms with Gasteiger partial charge in [-0.05, 0) is 24.3 Å². The van der Waals surface area contributed by atoms with Crippen molar-refractivity contribution in [3.05, 3.63) is 72.8 Å². The van der Waals surface area contributed by atoms with E-state index in [9.17, 15) is 9.59 Å². The number of anilines is 2. The standard InChI is InChI=1S/C16H12Cl2N2O4/c17-19(13-7-3-1-4-8-13)23-15(21)11-12-16(22)24-20(18)14-9-5-2-6-10-14/h1-12H. The van der Waals surface area contributed by atoms with Crippen LogP contribution in [0.15, 0.2) is 72.8 Å². The number of nitrogens with zero attached hydrogens (tertiary/aromatic N) is 2. The molecule has 0 aliphatic rings. The lowest BCUT2D eigenvalue weighted by atomic mass is 10.3. The first-order chi connectivity index (χ1) is 11.6. The van der Waals surface area contributed by atoms with Gasteiger partial charge in [-0.2, -0.15) is 0 Å². The van der Waals surface area contributed by atoms with Gasteiger partial charge in [0.15, 0.2) is 0 Å². The average molecular weight is 367 g/mol. The van der Waals surface area contributed by atoms with E-state index in [1.807, 2.05) is 0 Å². The summed E-state index contributed by atoms with van der Waals surface area (Å²) in [4.78, 5) is 32.8. The summed E-state index contributed by atoms with van der Waals surface area (Å²) in [7, 11) is 0. The molecule has 0 fully saturated rings. The molecule has 2 aromatic carbocycles. The van der Waals surface area contributed by atoms with E-state index in [2.05, 4.69) is 0 Å². The molecule has 2 aromatic rings. The van der Waals surface area contributed by atoms with Gasteiger partial charge in [0.05, 0.1) is 34.9 Å². The van der Waals surface area contributed by atoms with E-state index in [1.54, 1.807) is 60.7 Å². The van der Waals surface area contributed by atoms with Crippen LogP contribution in [0.3, 0.4) is 0 Å². The Morgan fingerprint density at radius 1 is 0.708 bits per heavy atom. The van der Waals surface area contributed by atoms with Gasteiger partial charge >= 0.3 is 11.9 Å². The molecule has 0 aliphatic heterocycles. The lowest BCUT2D eigenvalue weighted by Gasteiger charge is -2.13. The molecule has 0 aliphatic carbocycles. The zero-order valence-corrected chi connectivity index (χ0v) is 13.7. The number of hydrogen-bond donors (Lipinski definition) is 0. The van der Waals surface area contributed by atoms with Crippen LogP contribution in [-0.2, 0) is 19.3 Å². The molecule has 0 spiro atoms. The third kappa shape index (κ3) is 5.49. The second-order valence-electron chi connectivity index (χ2n) is 4.31. The molecule has 0 amide bonds. The highest BCUT2D eigenvalue weighted by Gasteiger charge is 2.11. The van der Waals surface area contributed by atoms with Gasteiger partial charge < -0.3 is 9.68 Å². The first kappa shape index (κ1) is 17.7. The molecular formula is C16H12Cl2N2O4. The molecule has 0 saturated carbocycles. The predicted octanol–water partition coefficient (Wildman–Crippen LogP) is 3.78. The van der Waals surface area contributed by atoms with Crippen LogP contribution in [-0.4, -0.2) is 11.9 Å². The quantitative estimate of drug-likeness (QED) is 0.440. The molecule has 0 unspecified atom stereocenters. The Balaban J connectivity index is 1.83. The van der Waals surface area contributed by atoms with Crippen LogP contribution < -0.4 is 9.16 Å². The van der Waals surface area contributed by atoms with E-state index in [0.29, 0.717) is 11.4 Å². The normalized spacial score (nSPS) is 10.2. The molecule has 0 heterocycles. The van der Waals surface area contributed by atoms with Crippen LogP contribution in [0.1, 0.15) is 0 Å². The first-order valence-corrected chi connectivity index (χ1v) is 7.38. The van der Waals surface area contributed by atoms with Gasteiger partial charge in [0.2, 0.25) is 0 Å². The second kappa shape index (κ2) is 8.81. The summed E-state index contributed by atoms with van der Waals surface area (Å²) in [5, 5.41) is 0. The summed E-state index contributed by atoms with van der Waals surface area (Å²) in [6, 6.07) is 17.1. The highest BCUT2D eigenvalue weighted by atomic mass is 35.5. The Hall–Kier alpha value is -2.70. The summed E-state index contributed by atoms with van der Waals surface area (Å²) in [6.45, 7) is 0. The smallest absolute Gasteiger partial charge is 0.320 e. The van der Waals surface area contributed by atoms with E-state index in [1.165, 1.54) is 0 Å².